The summed E-state index contributed by atoms with van der Waals surface area (Å²) < 4.78 is 11.8. The normalized spacial score (nSPS) is 22.3. The van der Waals surface area contributed by atoms with Crippen molar-refractivity contribution in [1.29, 1.82) is 0 Å². The topological polar surface area (TPSA) is 125 Å². The molecule has 3 N–H and O–H groups in total. The quantitative estimate of drug-likeness (QED) is 0.351. The molecule has 2 aliphatic rings. The highest BCUT2D eigenvalue weighted by Gasteiger charge is 2.50. The Kier molecular flexibility index (Phi) is 10.0. The van der Waals surface area contributed by atoms with Crippen LogP contribution in [0.1, 0.15) is 57.9 Å². The lowest BCUT2D eigenvalue weighted by molar-refractivity contribution is -0.137. The molecule has 9 heteroatoms. The third kappa shape index (κ3) is 6.72. The van der Waals surface area contributed by atoms with E-state index in [0.29, 0.717) is 43.7 Å². The van der Waals surface area contributed by atoms with Crippen LogP contribution in [0.15, 0.2) is 35.9 Å². The maximum atomic E-state index is 13.3. The molecule has 0 saturated carbocycles. The van der Waals surface area contributed by atoms with Crippen LogP contribution in [-0.4, -0.2) is 83.4 Å². The number of nitrogens with one attached hydrogen (secondary N) is 1. The number of para-hydroxylation sites is 1. The molecule has 9 nitrogen and oxygen atoms in total. The Hall–Kier alpha value is -2.75. The van der Waals surface area contributed by atoms with Crippen molar-refractivity contribution in [3.05, 3.63) is 41.5 Å². The van der Waals surface area contributed by atoms with Gasteiger partial charge >= 0.3 is 0 Å². The molecule has 3 rings (SSSR count). The highest BCUT2D eigenvalue weighted by atomic mass is 16.5. The molecule has 198 valence electrons. The first-order valence-electron chi connectivity index (χ1n) is 12.7. The van der Waals surface area contributed by atoms with Crippen LogP contribution in [0, 0.1) is 0 Å². The highest BCUT2D eigenvalue weighted by Crippen LogP contribution is 2.47. The summed E-state index contributed by atoms with van der Waals surface area (Å²) in [5, 5.41) is 23.4. The van der Waals surface area contributed by atoms with E-state index in [1.165, 1.54) is 6.92 Å². The molecule has 4 atom stereocenters. The summed E-state index contributed by atoms with van der Waals surface area (Å²) >= 11 is 0. The van der Waals surface area contributed by atoms with Gasteiger partial charge in [0, 0.05) is 43.7 Å². The molecule has 0 aromatic heterocycles. The number of rotatable bonds is 13. The summed E-state index contributed by atoms with van der Waals surface area (Å²) in [6.45, 7) is 6.01. The summed E-state index contributed by atoms with van der Waals surface area (Å²) in [5.41, 5.74) is 1.20. The van der Waals surface area contributed by atoms with Crippen LogP contribution < -0.4 is 10.1 Å². The zero-order valence-electron chi connectivity index (χ0n) is 21.3. The zero-order chi connectivity index (χ0) is 26.2. The summed E-state index contributed by atoms with van der Waals surface area (Å²) in [4.78, 5) is 39.4. The molecule has 1 heterocycles. The van der Waals surface area contributed by atoms with E-state index >= 15 is 0 Å². The molecule has 4 unspecified atom stereocenters. The Morgan fingerprint density at radius 2 is 1.92 bits per heavy atom. The molecule has 1 aromatic rings. The van der Waals surface area contributed by atoms with Crippen molar-refractivity contribution < 1.29 is 34.1 Å². The molecule has 36 heavy (non-hydrogen) atoms. The third-order valence-electron chi connectivity index (χ3n) is 6.47. The molecule has 0 fully saturated rings. The number of carbonyl (C=O) groups is 3. The first kappa shape index (κ1) is 27.8. The van der Waals surface area contributed by atoms with Crippen molar-refractivity contribution in [2.75, 3.05) is 26.3 Å². The minimum atomic E-state index is -1.07. The Morgan fingerprint density at radius 1 is 1.17 bits per heavy atom. The van der Waals surface area contributed by atoms with Gasteiger partial charge in [-0.25, -0.2) is 0 Å². The van der Waals surface area contributed by atoms with Gasteiger partial charge in [-0.05, 0) is 45.8 Å². The SMILES string of the molecule is CC(=O)CCCC(=O)N(CCCOC(C)C)C1C=C(C(=O)NCCO)C2c3ccccc3OC2C1O. The van der Waals surface area contributed by atoms with Crippen LogP contribution in [0.5, 0.6) is 5.75 Å². The number of Topliss-reactive ketones (excluding diaryl/α,β-unsaturated/α-hetero) is 1. The Bertz CT molecular complexity index is 961. The number of aliphatic hydroxyl groups excluding tert-OH is 2. The number of amides is 2. The monoisotopic (exact) mass is 502 g/mol. The van der Waals surface area contributed by atoms with E-state index in [0.717, 1.165) is 5.56 Å². The summed E-state index contributed by atoms with van der Waals surface area (Å²) in [6, 6.07) is 6.56. The average molecular weight is 503 g/mol. The van der Waals surface area contributed by atoms with Crippen molar-refractivity contribution in [1.82, 2.24) is 10.2 Å². The van der Waals surface area contributed by atoms with E-state index in [4.69, 9.17) is 9.47 Å². The average Bonchev–Trinajstić information content (AvgIpc) is 3.23. The van der Waals surface area contributed by atoms with Gasteiger partial charge in [-0.1, -0.05) is 18.2 Å². The number of carbonyl (C=O) groups excluding carboxylic acids is 3. The number of fused-ring (bicyclic) bond motifs is 3. The largest absolute Gasteiger partial charge is 0.486 e. The van der Waals surface area contributed by atoms with Gasteiger partial charge in [-0.3, -0.25) is 9.59 Å². The van der Waals surface area contributed by atoms with Crippen LogP contribution in [-0.2, 0) is 19.1 Å². The Balaban J connectivity index is 1.92. The van der Waals surface area contributed by atoms with Crippen molar-refractivity contribution >= 4 is 17.6 Å². The van der Waals surface area contributed by atoms with Crippen molar-refractivity contribution in [3.63, 3.8) is 0 Å². The number of hydrogen-bond acceptors (Lipinski definition) is 7. The second-order valence-electron chi connectivity index (χ2n) is 9.60. The van der Waals surface area contributed by atoms with Crippen LogP contribution >= 0.6 is 0 Å². The molecule has 1 aliphatic carbocycles. The molecule has 2 amide bonds. The highest BCUT2D eigenvalue weighted by molar-refractivity contribution is 5.96. The third-order valence-corrected chi connectivity index (χ3v) is 6.47. The predicted molar refractivity (Wildman–Crippen MR) is 134 cm³/mol. The van der Waals surface area contributed by atoms with Crippen LogP contribution in [0.25, 0.3) is 0 Å². The summed E-state index contributed by atoms with van der Waals surface area (Å²) in [5.74, 6) is -0.462. The number of nitrogens with zero attached hydrogens (tertiary/aromatic N) is 1. The second kappa shape index (κ2) is 13.0. The number of ether oxygens (including phenoxy) is 2. The first-order valence-corrected chi connectivity index (χ1v) is 12.7. The van der Waals surface area contributed by atoms with Gasteiger partial charge in [-0.2, -0.15) is 0 Å². The lowest BCUT2D eigenvalue weighted by atomic mass is 9.77. The molecular formula is C27H38N2O7. The van der Waals surface area contributed by atoms with E-state index < -0.39 is 24.2 Å². The van der Waals surface area contributed by atoms with Crippen LogP contribution in [0.2, 0.25) is 0 Å². The van der Waals surface area contributed by atoms with Gasteiger partial charge in [-0.15, -0.1) is 0 Å². The van der Waals surface area contributed by atoms with E-state index in [1.807, 2.05) is 32.0 Å². The van der Waals surface area contributed by atoms with Crippen molar-refractivity contribution in [2.24, 2.45) is 0 Å². The standard InChI is InChI=1S/C27H38N2O7/c1-17(2)35-15-7-13-29(23(32)11-6-8-18(3)31)21-16-20(27(34)28-12-14-30)24-19-9-4-5-10-22(19)36-26(24)25(21)33/h4-5,9-10,16-17,21,24-26,30,33H,6-8,11-15H2,1-3H3,(H,28,34). The van der Waals surface area contributed by atoms with E-state index in [-0.39, 0.29) is 43.3 Å². The van der Waals surface area contributed by atoms with Gasteiger partial charge in [0.1, 0.15) is 23.7 Å². The zero-order valence-corrected chi connectivity index (χ0v) is 21.3. The lowest BCUT2D eigenvalue weighted by Crippen LogP contribution is -2.56. The van der Waals surface area contributed by atoms with E-state index in [9.17, 15) is 24.6 Å². The van der Waals surface area contributed by atoms with Gasteiger partial charge in [0.05, 0.1) is 24.7 Å². The van der Waals surface area contributed by atoms with E-state index in [1.54, 1.807) is 17.0 Å². The molecule has 0 radical (unpaired) electrons. The van der Waals surface area contributed by atoms with Gasteiger partial charge < -0.3 is 34.7 Å². The maximum Gasteiger partial charge on any atom is 0.247 e. The predicted octanol–water partition coefficient (Wildman–Crippen LogP) is 1.71. The summed E-state index contributed by atoms with van der Waals surface area (Å²) in [7, 11) is 0. The number of aliphatic hydroxyl groups is 2. The first-order chi connectivity index (χ1) is 17.2. The fourth-order valence-electron chi connectivity index (χ4n) is 4.82. The van der Waals surface area contributed by atoms with Crippen LogP contribution in [0.3, 0.4) is 0 Å². The Morgan fingerprint density at radius 3 is 2.61 bits per heavy atom. The van der Waals surface area contributed by atoms with Gasteiger partial charge in [0.2, 0.25) is 11.8 Å². The van der Waals surface area contributed by atoms with Crippen LogP contribution in [0.4, 0.5) is 0 Å². The van der Waals surface area contributed by atoms with Gasteiger partial charge in [0.25, 0.3) is 0 Å². The summed E-state index contributed by atoms with van der Waals surface area (Å²) in [6.07, 6.45) is 1.33. The Labute approximate surface area is 212 Å². The smallest absolute Gasteiger partial charge is 0.247 e. The van der Waals surface area contributed by atoms with Crippen molar-refractivity contribution in [2.45, 2.75) is 76.7 Å². The number of ketones is 1. The lowest BCUT2D eigenvalue weighted by Gasteiger charge is -2.41. The fraction of sp³-hybridized carbons (Fsp3) is 0.593. The molecule has 0 saturated heterocycles. The molecule has 0 bridgehead atoms. The second-order valence-corrected chi connectivity index (χ2v) is 9.60. The van der Waals surface area contributed by atoms with Crippen molar-refractivity contribution in [3.8, 4) is 5.75 Å². The van der Waals surface area contributed by atoms with Gasteiger partial charge in [0.15, 0.2) is 0 Å². The molecule has 0 spiro atoms. The van der Waals surface area contributed by atoms with E-state index in [2.05, 4.69) is 5.32 Å². The minimum absolute atomic E-state index is 0.0140. The molecule has 1 aromatic carbocycles. The fourth-order valence-corrected chi connectivity index (χ4v) is 4.82. The number of hydrogen-bond donors (Lipinski definition) is 3. The maximum absolute atomic E-state index is 13.3. The number of benzene rings is 1. The molecule has 1 aliphatic heterocycles. The minimum Gasteiger partial charge on any atom is -0.486 e. The molecular weight excluding hydrogens is 464 g/mol.